The molecule has 0 radical (unpaired) electrons. The van der Waals surface area contributed by atoms with Crippen LogP contribution in [-0.4, -0.2) is 39.2 Å². The Morgan fingerprint density at radius 3 is 2.17 bits per heavy atom. The second-order valence-electron chi connectivity index (χ2n) is 6.08. The highest BCUT2D eigenvalue weighted by Gasteiger charge is 2.10. The number of nitrogens with zero attached hydrogens (tertiary/aromatic N) is 4. The van der Waals surface area contributed by atoms with Gasteiger partial charge >= 0.3 is 0 Å². The summed E-state index contributed by atoms with van der Waals surface area (Å²) in [6.07, 6.45) is 8.78. The van der Waals surface area contributed by atoms with Gasteiger partial charge in [0.15, 0.2) is 0 Å². The Labute approximate surface area is 156 Å². The predicted molar refractivity (Wildman–Crippen MR) is 101 cm³/mol. The van der Waals surface area contributed by atoms with Crippen molar-refractivity contribution in [2.24, 2.45) is 14.1 Å². The van der Waals surface area contributed by atoms with Crippen molar-refractivity contribution in [2.45, 2.75) is 32.2 Å². The van der Waals surface area contributed by atoms with Gasteiger partial charge in [-0.05, 0) is 37.9 Å². The number of aromatic nitrogens is 4. The minimum atomic E-state index is 0. The number of hydrogen-bond acceptors (Lipinski definition) is 4. The SMILES string of the molecule is Cl.Cl.Cn1cc2c(n1)CCCNC2.Cn1cc2c(n1)CCNCC2. The minimum absolute atomic E-state index is 0. The van der Waals surface area contributed by atoms with Crippen LogP contribution in [0.5, 0.6) is 0 Å². The smallest absolute Gasteiger partial charge is 0.0669 e. The maximum Gasteiger partial charge on any atom is 0.0669 e. The Kier molecular flexibility index (Phi) is 8.76. The zero-order valence-electron chi connectivity index (χ0n) is 14.4. The van der Waals surface area contributed by atoms with Crippen LogP contribution in [0.4, 0.5) is 0 Å². The molecular formula is C16H28Cl2N6. The van der Waals surface area contributed by atoms with Gasteiger partial charge in [0.25, 0.3) is 0 Å². The van der Waals surface area contributed by atoms with E-state index in [1.54, 1.807) is 0 Å². The van der Waals surface area contributed by atoms with Gasteiger partial charge in [0.1, 0.15) is 0 Å². The fourth-order valence-electron chi connectivity index (χ4n) is 3.10. The standard InChI is InChI=1S/2C8H13N3.2ClH/c1-11-6-7-2-4-9-5-3-8(7)10-11;1-11-6-7-5-9-4-2-3-8(7)10-11;;/h2*6,9H,2-5H2,1H3;2*1H. The molecule has 2 aromatic rings. The molecule has 2 aliphatic rings. The molecule has 2 aromatic heterocycles. The highest BCUT2D eigenvalue weighted by atomic mass is 35.5. The summed E-state index contributed by atoms with van der Waals surface area (Å²) in [5.41, 5.74) is 5.33. The first-order chi connectivity index (χ1) is 10.7. The van der Waals surface area contributed by atoms with Gasteiger partial charge in [-0.3, -0.25) is 9.36 Å². The van der Waals surface area contributed by atoms with Gasteiger partial charge in [-0.1, -0.05) is 0 Å². The molecule has 0 amide bonds. The Balaban J connectivity index is 0.000000222. The second kappa shape index (κ2) is 10.0. The summed E-state index contributed by atoms with van der Waals surface area (Å²) < 4.78 is 3.81. The van der Waals surface area contributed by atoms with E-state index in [0.717, 1.165) is 45.4 Å². The lowest BCUT2D eigenvalue weighted by Crippen LogP contribution is -2.16. The van der Waals surface area contributed by atoms with E-state index in [1.165, 1.54) is 28.9 Å². The zero-order chi connectivity index (χ0) is 15.4. The number of rotatable bonds is 0. The van der Waals surface area contributed by atoms with E-state index in [2.05, 4.69) is 33.2 Å². The summed E-state index contributed by atoms with van der Waals surface area (Å²) in [5, 5.41) is 15.5. The van der Waals surface area contributed by atoms with Crippen LogP contribution in [0.25, 0.3) is 0 Å². The van der Waals surface area contributed by atoms with Crippen LogP contribution in [0.15, 0.2) is 12.4 Å². The first-order valence-corrected chi connectivity index (χ1v) is 8.16. The van der Waals surface area contributed by atoms with Crippen LogP contribution in [0.2, 0.25) is 0 Å². The third-order valence-electron chi connectivity index (χ3n) is 4.18. The van der Waals surface area contributed by atoms with Crippen molar-refractivity contribution in [3.63, 3.8) is 0 Å². The fraction of sp³-hybridized carbons (Fsp3) is 0.625. The maximum atomic E-state index is 4.39. The highest BCUT2D eigenvalue weighted by Crippen LogP contribution is 2.11. The number of hydrogen-bond donors (Lipinski definition) is 2. The van der Waals surface area contributed by atoms with Gasteiger partial charge in [-0.25, -0.2) is 0 Å². The van der Waals surface area contributed by atoms with Crippen molar-refractivity contribution in [2.75, 3.05) is 19.6 Å². The Bertz CT molecular complexity index is 521. The van der Waals surface area contributed by atoms with Crippen LogP contribution in [0, 0.1) is 0 Å². The molecule has 4 heterocycles. The first kappa shape index (κ1) is 21.0. The Morgan fingerprint density at radius 2 is 1.42 bits per heavy atom. The van der Waals surface area contributed by atoms with Crippen LogP contribution in [0.1, 0.15) is 28.9 Å². The van der Waals surface area contributed by atoms with Crippen molar-refractivity contribution in [3.8, 4) is 0 Å². The van der Waals surface area contributed by atoms with E-state index in [-0.39, 0.29) is 24.8 Å². The summed E-state index contributed by atoms with van der Waals surface area (Å²) in [6, 6.07) is 0. The number of fused-ring (bicyclic) bond motifs is 2. The van der Waals surface area contributed by atoms with E-state index in [4.69, 9.17) is 0 Å². The quantitative estimate of drug-likeness (QED) is 0.731. The normalized spacial score (nSPS) is 16.1. The lowest BCUT2D eigenvalue weighted by atomic mass is 10.2. The average Bonchev–Trinajstić information content (AvgIpc) is 2.83. The molecule has 0 spiro atoms. The predicted octanol–water partition coefficient (Wildman–Crippen LogP) is 1.41. The molecule has 2 N–H and O–H groups in total. The van der Waals surface area contributed by atoms with Crippen molar-refractivity contribution >= 4 is 24.8 Å². The summed E-state index contributed by atoms with van der Waals surface area (Å²) in [6.45, 7) is 4.28. The zero-order valence-corrected chi connectivity index (χ0v) is 16.0. The largest absolute Gasteiger partial charge is 0.316 e. The van der Waals surface area contributed by atoms with Crippen LogP contribution < -0.4 is 10.6 Å². The van der Waals surface area contributed by atoms with E-state index in [9.17, 15) is 0 Å². The van der Waals surface area contributed by atoms with Gasteiger partial charge in [-0.15, -0.1) is 24.8 Å². The number of halogens is 2. The second-order valence-corrected chi connectivity index (χ2v) is 6.08. The van der Waals surface area contributed by atoms with Gasteiger partial charge < -0.3 is 10.6 Å². The van der Waals surface area contributed by atoms with E-state index < -0.39 is 0 Å². The third-order valence-corrected chi connectivity index (χ3v) is 4.18. The van der Waals surface area contributed by atoms with Gasteiger partial charge in [0.2, 0.25) is 0 Å². The summed E-state index contributed by atoms with van der Waals surface area (Å²) in [7, 11) is 3.97. The molecule has 0 unspecified atom stereocenters. The molecule has 4 rings (SSSR count). The minimum Gasteiger partial charge on any atom is -0.316 e. The van der Waals surface area contributed by atoms with Crippen LogP contribution >= 0.6 is 24.8 Å². The molecule has 0 bridgehead atoms. The van der Waals surface area contributed by atoms with Gasteiger partial charge in [-0.2, -0.15) is 10.2 Å². The fourth-order valence-corrected chi connectivity index (χ4v) is 3.10. The number of nitrogens with one attached hydrogen (secondary N) is 2. The first-order valence-electron chi connectivity index (χ1n) is 8.16. The number of aryl methyl sites for hydroxylation is 3. The van der Waals surface area contributed by atoms with Crippen molar-refractivity contribution in [3.05, 3.63) is 34.9 Å². The summed E-state index contributed by atoms with van der Waals surface area (Å²) >= 11 is 0. The van der Waals surface area contributed by atoms with Crippen molar-refractivity contribution in [1.29, 1.82) is 0 Å². The van der Waals surface area contributed by atoms with Crippen LogP contribution in [-0.2, 0) is 39.9 Å². The lowest BCUT2D eigenvalue weighted by molar-refractivity contribution is 0.661. The Hall–Kier alpha value is -1.08. The monoisotopic (exact) mass is 374 g/mol. The van der Waals surface area contributed by atoms with Crippen LogP contribution in [0.3, 0.4) is 0 Å². The molecule has 2 aliphatic heterocycles. The molecule has 8 heteroatoms. The third kappa shape index (κ3) is 5.48. The molecule has 0 saturated heterocycles. The molecule has 136 valence electrons. The van der Waals surface area contributed by atoms with Crippen molar-refractivity contribution < 1.29 is 0 Å². The van der Waals surface area contributed by atoms with Crippen molar-refractivity contribution in [1.82, 2.24) is 30.2 Å². The molecule has 0 aliphatic carbocycles. The average molecular weight is 375 g/mol. The van der Waals surface area contributed by atoms with E-state index in [0.29, 0.717) is 0 Å². The van der Waals surface area contributed by atoms with Gasteiger partial charge in [0.05, 0.1) is 11.4 Å². The molecule has 0 aromatic carbocycles. The van der Waals surface area contributed by atoms with E-state index in [1.807, 2.05) is 23.5 Å². The topological polar surface area (TPSA) is 59.7 Å². The highest BCUT2D eigenvalue weighted by molar-refractivity contribution is 5.85. The van der Waals surface area contributed by atoms with Gasteiger partial charge in [0, 0.05) is 51.6 Å². The summed E-state index contributed by atoms with van der Waals surface area (Å²) in [4.78, 5) is 0. The maximum absolute atomic E-state index is 4.39. The molecule has 0 fully saturated rings. The molecule has 6 nitrogen and oxygen atoms in total. The van der Waals surface area contributed by atoms with E-state index >= 15 is 0 Å². The Morgan fingerprint density at radius 1 is 0.792 bits per heavy atom. The molecule has 0 saturated carbocycles. The lowest BCUT2D eigenvalue weighted by Gasteiger charge is -1.94. The molecule has 24 heavy (non-hydrogen) atoms. The molecule has 0 atom stereocenters. The summed E-state index contributed by atoms with van der Waals surface area (Å²) in [5.74, 6) is 0. The molecular weight excluding hydrogens is 347 g/mol.